The van der Waals surface area contributed by atoms with Crippen LogP contribution in [0.1, 0.15) is 20.8 Å². The fourth-order valence-corrected chi connectivity index (χ4v) is 1.20. The quantitative estimate of drug-likeness (QED) is 0.835. The monoisotopic (exact) mass is 242 g/mol. The number of carbonyl (C=O) groups excluding carboxylic acids is 1. The van der Waals surface area contributed by atoms with E-state index >= 15 is 0 Å². The number of rotatable bonds is 2. The highest BCUT2D eigenvalue weighted by atomic mass is 19.1. The molecule has 1 aromatic carbocycles. The molecule has 1 rings (SSSR count). The number of nitrogens with one attached hydrogen (secondary N) is 1. The minimum absolute atomic E-state index is 0.199. The standard InChI is InChI=1S/C12H16F2N2O/c1-12(2,3)10(15)11(17)16-9-6-7(13)4-5-8(9)14/h4-6,10H,15H2,1-3H3,(H,16,17)/t10-/m0/s1. The summed E-state index contributed by atoms with van der Waals surface area (Å²) in [5.74, 6) is -1.85. The molecule has 17 heavy (non-hydrogen) atoms. The smallest absolute Gasteiger partial charge is 0.241 e. The van der Waals surface area contributed by atoms with Gasteiger partial charge in [0.25, 0.3) is 0 Å². The summed E-state index contributed by atoms with van der Waals surface area (Å²) >= 11 is 0. The zero-order chi connectivity index (χ0) is 13.2. The van der Waals surface area contributed by atoms with Crippen molar-refractivity contribution in [2.75, 3.05) is 5.32 Å². The summed E-state index contributed by atoms with van der Waals surface area (Å²) in [5.41, 5.74) is 5.05. The number of hydrogen-bond acceptors (Lipinski definition) is 2. The third kappa shape index (κ3) is 3.49. The normalized spacial score (nSPS) is 13.3. The maximum atomic E-state index is 13.3. The van der Waals surface area contributed by atoms with Crippen molar-refractivity contribution in [2.24, 2.45) is 11.1 Å². The van der Waals surface area contributed by atoms with Crippen molar-refractivity contribution in [3.63, 3.8) is 0 Å². The van der Waals surface area contributed by atoms with E-state index in [1.807, 2.05) is 0 Å². The Bertz CT molecular complexity index is 427. The first kappa shape index (κ1) is 13.6. The van der Waals surface area contributed by atoms with E-state index in [0.717, 1.165) is 18.2 Å². The highest BCUT2D eigenvalue weighted by Gasteiger charge is 2.27. The van der Waals surface area contributed by atoms with Gasteiger partial charge in [0, 0.05) is 6.07 Å². The van der Waals surface area contributed by atoms with Gasteiger partial charge in [-0.1, -0.05) is 20.8 Å². The molecule has 0 aromatic heterocycles. The maximum absolute atomic E-state index is 13.3. The van der Waals surface area contributed by atoms with Crippen molar-refractivity contribution < 1.29 is 13.6 Å². The Kier molecular flexibility index (Phi) is 3.83. The summed E-state index contributed by atoms with van der Waals surface area (Å²) in [7, 11) is 0. The number of amides is 1. The van der Waals surface area contributed by atoms with Crippen molar-refractivity contribution in [2.45, 2.75) is 26.8 Å². The minimum Gasteiger partial charge on any atom is -0.322 e. The second-order valence-electron chi connectivity index (χ2n) is 4.96. The van der Waals surface area contributed by atoms with Crippen LogP contribution in [-0.4, -0.2) is 11.9 Å². The summed E-state index contributed by atoms with van der Waals surface area (Å²) in [6, 6.07) is 2.05. The average Bonchev–Trinajstić information content (AvgIpc) is 2.21. The largest absolute Gasteiger partial charge is 0.322 e. The van der Waals surface area contributed by atoms with E-state index in [2.05, 4.69) is 5.32 Å². The summed E-state index contributed by atoms with van der Waals surface area (Å²) in [4.78, 5) is 11.7. The predicted molar refractivity (Wildman–Crippen MR) is 62.4 cm³/mol. The molecule has 0 saturated heterocycles. The lowest BCUT2D eigenvalue weighted by molar-refractivity contribution is -0.119. The Morgan fingerprint density at radius 1 is 1.35 bits per heavy atom. The van der Waals surface area contributed by atoms with Crippen LogP contribution < -0.4 is 11.1 Å². The highest BCUT2D eigenvalue weighted by molar-refractivity contribution is 5.95. The predicted octanol–water partition coefficient (Wildman–Crippen LogP) is 2.28. The fourth-order valence-electron chi connectivity index (χ4n) is 1.20. The van der Waals surface area contributed by atoms with E-state index in [-0.39, 0.29) is 5.69 Å². The number of benzene rings is 1. The van der Waals surface area contributed by atoms with Crippen LogP contribution in [0.25, 0.3) is 0 Å². The summed E-state index contributed by atoms with van der Waals surface area (Å²) < 4.78 is 26.2. The van der Waals surface area contributed by atoms with Crippen LogP contribution >= 0.6 is 0 Å². The molecule has 0 fully saturated rings. The Labute approximate surface area is 99.0 Å². The number of carbonyl (C=O) groups is 1. The summed E-state index contributed by atoms with van der Waals surface area (Å²) in [6.07, 6.45) is 0. The minimum atomic E-state index is -0.801. The van der Waals surface area contributed by atoms with Crippen LogP contribution in [0.5, 0.6) is 0 Å². The Hall–Kier alpha value is -1.49. The van der Waals surface area contributed by atoms with Gasteiger partial charge < -0.3 is 11.1 Å². The van der Waals surface area contributed by atoms with Crippen LogP contribution in [0, 0.1) is 17.0 Å². The van der Waals surface area contributed by atoms with Crippen LogP contribution in [0.4, 0.5) is 14.5 Å². The molecular weight excluding hydrogens is 226 g/mol. The molecule has 0 bridgehead atoms. The van der Waals surface area contributed by atoms with Crippen molar-refractivity contribution in [3.05, 3.63) is 29.8 Å². The van der Waals surface area contributed by atoms with Gasteiger partial charge in [-0.05, 0) is 17.5 Å². The van der Waals surface area contributed by atoms with E-state index in [0.29, 0.717) is 0 Å². The Morgan fingerprint density at radius 2 is 1.94 bits per heavy atom. The molecule has 0 aliphatic carbocycles. The van der Waals surface area contributed by atoms with Gasteiger partial charge in [-0.2, -0.15) is 0 Å². The van der Waals surface area contributed by atoms with Crippen molar-refractivity contribution in [3.8, 4) is 0 Å². The second kappa shape index (κ2) is 4.79. The van der Waals surface area contributed by atoms with Crippen LogP contribution in [0.15, 0.2) is 18.2 Å². The summed E-state index contributed by atoms with van der Waals surface area (Å²) in [6.45, 7) is 5.37. The van der Waals surface area contributed by atoms with E-state index in [9.17, 15) is 13.6 Å². The van der Waals surface area contributed by atoms with E-state index in [1.54, 1.807) is 20.8 Å². The zero-order valence-electron chi connectivity index (χ0n) is 10.1. The highest BCUT2D eigenvalue weighted by Crippen LogP contribution is 2.20. The molecule has 5 heteroatoms. The first-order chi connectivity index (χ1) is 7.71. The van der Waals surface area contributed by atoms with Gasteiger partial charge in [-0.3, -0.25) is 4.79 Å². The third-order valence-corrected chi connectivity index (χ3v) is 2.40. The van der Waals surface area contributed by atoms with Crippen molar-refractivity contribution in [1.82, 2.24) is 0 Å². The molecule has 94 valence electrons. The third-order valence-electron chi connectivity index (χ3n) is 2.40. The maximum Gasteiger partial charge on any atom is 0.241 e. The molecule has 0 heterocycles. The molecule has 0 aliphatic heterocycles. The number of nitrogens with two attached hydrogens (primary N) is 1. The molecule has 0 unspecified atom stereocenters. The Balaban J connectivity index is 2.85. The molecule has 1 amide bonds. The molecule has 0 aliphatic rings. The lowest BCUT2D eigenvalue weighted by Crippen LogP contribution is -2.45. The SMILES string of the molecule is CC(C)(C)[C@@H](N)C(=O)Nc1cc(F)ccc1F. The molecule has 0 spiro atoms. The van der Waals surface area contributed by atoms with Gasteiger partial charge in [-0.25, -0.2) is 8.78 Å². The van der Waals surface area contributed by atoms with Gasteiger partial charge in [0.15, 0.2) is 0 Å². The number of anilines is 1. The van der Waals surface area contributed by atoms with Gasteiger partial charge in [0.05, 0.1) is 11.7 Å². The second-order valence-corrected chi connectivity index (χ2v) is 4.96. The first-order valence-corrected chi connectivity index (χ1v) is 5.23. The molecule has 0 radical (unpaired) electrons. The lowest BCUT2D eigenvalue weighted by atomic mass is 9.87. The molecule has 1 atom stereocenters. The van der Waals surface area contributed by atoms with Crippen LogP contribution in [0.2, 0.25) is 0 Å². The number of halogens is 2. The van der Waals surface area contributed by atoms with E-state index in [4.69, 9.17) is 5.73 Å². The topological polar surface area (TPSA) is 55.1 Å². The molecule has 3 N–H and O–H groups in total. The van der Waals surface area contributed by atoms with Gasteiger partial charge in [0.2, 0.25) is 5.91 Å². The number of hydrogen-bond donors (Lipinski definition) is 2. The molecule has 1 aromatic rings. The fraction of sp³-hybridized carbons (Fsp3) is 0.417. The van der Waals surface area contributed by atoms with Crippen LogP contribution in [0.3, 0.4) is 0 Å². The van der Waals surface area contributed by atoms with Gasteiger partial charge in [-0.15, -0.1) is 0 Å². The van der Waals surface area contributed by atoms with Crippen LogP contribution in [-0.2, 0) is 4.79 Å². The Morgan fingerprint density at radius 3 is 2.47 bits per heavy atom. The van der Waals surface area contributed by atoms with E-state index in [1.165, 1.54) is 0 Å². The lowest BCUT2D eigenvalue weighted by Gasteiger charge is -2.25. The summed E-state index contributed by atoms with van der Waals surface area (Å²) in [5, 5.41) is 2.28. The molecular formula is C12H16F2N2O. The van der Waals surface area contributed by atoms with Gasteiger partial charge in [0.1, 0.15) is 11.6 Å². The van der Waals surface area contributed by atoms with Crippen molar-refractivity contribution in [1.29, 1.82) is 0 Å². The van der Waals surface area contributed by atoms with Gasteiger partial charge >= 0.3 is 0 Å². The molecule has 0 saturated carbocycles. The zero-order valence-corrected chi connectivity index (χ0v) is 10.1. The average molecular weight is 242 g/mol. The molecule has 3 nitrogen and oxygen atoms in total. The first-order valence-electron chi connectivity index (χ1n) is 5.23. The van der Waals surface area contributed by atoms with Crippen molar-refractivity contribution >= 4 is 11.6 Å². The van der Waals surface area contributed by atoms with E-state index < -0.39 is 29.0 Å².